The van der Waals surface area contributed by atoms with Crippen molar-refractivity contribution in [2.75, 3.05) is 18.0 Å². The van der Waals surface area contributed by atoms with Crippen LogP contribution in [-0.4, -0.2) is 18.2 Å². The van der Waals surface area contributed by atoms with Crippen molar-refractivity contribution in [1.29, 1.82) is 0 Å². The Morgan fingerprint density at radius 1 is 1.31 bits per heavy atom. The Labute approximate surface area is 106 Å². The molecule has 90 valence electrons. The minimum absolute atomic E-state index is 0.0853. The van der Waals surface area contributed by atoms with Gasteiger partial charge in [-0.1, -0.05) is 35.3 Å². The minimum atomic E-state index is 0.0853. The van der Waals surface area contributed by atoms with Gasteiger partial charge in [0, 0.05) is 23.2 Å². The molecule has 0 heterocycles. The van der Waals surface area contributed by atoms with Gasteiger partial charge in [-0.15, -0.1) is 0 Å². The second-order valence-electron chi connectivity index (χ2n) is 3.87. The molecule has 0 fully saturated rings. The van der Waals surface area contributed by atoms with E-state index in [0.29, 0.717) is 0 Å². The first-order valence-electron chi connectivity index (χ1n) is 5.87. The first kappa shape index (κ1) is 13.5. The molecule has 0 radical (unpaired) electrons. The lowest BCUT2D eigenvalue weighted by molar-refractivity contribution is 0.281. The van der Waals surface area contributed by atoms with Gasteiger partial charge in [0.05, 0.1) is 6.61 Å². The first-order chi connectivity index (χ1) is 7.72. The van der Waals surface area contributed by atoms with Crippen LogP contribution in [0.15, 0.2) is 22.7 Å². The van der Waals surface area contributed by atoms with Crippen molar-refractivity contribution in [3.05, 3.63) is 28.2 Å². The summed E-state index contributed by atoms with van der Waals surface area (Å²) in [6.45, 7) is 6.58. The van der Waals surface area contributed by atoms with Crippen LogP contribution >= 0.6 is 15.9 Å². The highest BCUT2D eigenvalue weighted by atomic mass is 79.9. The molecule has 0 unspecified atom stereocenters. The number of hydrogen-bond acceptors (Lipinski definition) is 2. The van der Waals surface area contributed by atoms with Crippen LogP contribution < -0.4 is 4.90 Å². The number of hydrogen-bond donors (Lipinski definition) is 1. The van der Waals surface area contributed by atoms with Crippen LogP contribution in [0.1, 0.15) is 32.3 Å². The molecule has 2 nitrogen and oxygen atoms in total. The van der Waals surface area contributed by atoms with Gasteiger partial charge in [-0.05, 0) is 31.0 Å². The second kappa shape index (κ2) is 6.92. The highest BCUT2D eigenvalue weighted by Crippen LogP contribution is 2.24. The van der Waals surface area contributed by atoms with Crippen molar-refractivity contribution in [3.8, 4) is 0 Å². The maximum atomic E-state index is 9.10. The highest BCUT2D eigenvalue weighted by molar-refractivity contribution is 9.10. The van der Waals surface area contributed by atoms with Gasteiger partial charge >= 0.3 is 0 Å². The van der Waals surface area contributed by atoms with Crippen LogP contribution in [0.2, 0.25) is 0 Å². The van der Waals surface area contributed by atoms with E-state index in [1.165, 1.54) is 18.5 Å². The summed E-state index contributed by atoms with van der Waals surface area (Å²) in [6, 6.07) is 6.15. The summed E-state index contributed by atoms with van der Waals surface area (Å²) in [7, 11) is 0. The van der Waals surface area contributed by atoms with E-state index >= 15 is 0 Å². The number of benzene rings is 1. The maximum Gasteiger partial charge on any atom is 0.0692 e. The van der Waals surface area contributed by atoms with Crippen molar-refractivity contribution in [2.45, 2.75) is 33.3 Å². The fourth-order valence-corrected chi connectivity index (χ4v) is 2.17. The van der Waals surface area contributed by atoms with Crippen molar-refractivity contribution >= 4 is 21.6 Å². The molecule has 1 aromatic rings. The van der Waals surface area contributed by atoms with Crippen molar-refractivity contribution in [1.82, 2.24) is 0 Å². The Morgan fingerprint density at radius 3 is 2.56 bits per heavy atom. The number of nitrogens with zero attached hydrogens (tertiary/aromatic N) is 1. The van der Waals surface area contributed by atoms with Gasteiger partial charge in [0.1, 0.15) is 0 Å². The SMILES string of the molecule is CCCCN(CC)c1ccc(CO)c(Br)c1. The zero-order valence-electron chi connectivity index (χ0n) is 10.0. The molecule has 0 aliphatic heterocycles. The molecule has 1 N–H and O–H groups in total. The van der Waals surface area contributed by atoms with E-state index in [9.17, 15) is 0 Å². The fraction of sp³-hybridized carbons (Fsp3) is 0.538. The summed E-state index contributed by atoms with van der Waals surface area (Å²) in [4.78, 5) is 2.36. The third-order valence-corrected chi connectivity index (χ3v) is 3.47. The van der Waals surface area contributed by atoms with E-state index < -0.39 is 0 Å². The minimum Gasteiger partial charge on any atom is -0.392 e. The molecule has 0 bridgehead atoms. The molecule has 0 aliphatic carbocycles. The molecule has 0 aromatic heterocycles. The van der Waals surface area contributed by atoms with Crippen molar-refractivity contribution < 1.29 is 5.11 Å². The Bertz CT molecular complexity index is 328. The van der Waals surface area contributed by atoms with Crippen molar-refractivity contribution in [3.63, 3.8) is 0 Å². The molecule has 16 heavy (non-hydrogen) atoms. The second-order valence-corrected chi connectivity index (χ2v) is 4.72. The van der Waals surface area contributed by atoms with Crippen LogP contribution in [0.4, 0.5) is 5.69 Å². The van der Waals surface area contributed by atoms with E-state index in [-0.39, 0.29) is 6.61 Å². The van der Waals surface area contributed by atoms with Gasteiger partial charge in [0.25, 0.3) is 0 Å². The molecule has 0 aliphatic rings. The lowest BCUT2D eigenvalue weighted by Crippen LogP contribution is -2.23. The Morgan fingerprint density at radius 2 is 2.06 bits per heavy atom. The molecule has 0 saturated carbocycles. The van der Waals surface area contributed by atoms with Crippen LogP contribution in [-0.2, 0) is 6.61 Å². The number of aliphatic hydroxyl groups is 1. The maximum absolute atomic E-state index is 9.10. The smallest absolute Gasteiger partial charge is 0.0692 e. The third-order valence-electron chi connectivity index (χ3n) is 2.74. The number of aliphatic hydroxyl groups excluding tert-OH is 1. The quantitative estimate of drug-likeness (QED) is 0.864. The third kappa shape index (κ3) is 3.49. The largest absolute Gasteiger partial charge is 0.392 e. The van der Waals surface area contributed by atoms with Crippen molar-refractivity contribution in [2.24, 2.45) is 0 Å². The van der Waals surface area contributed by atoms with E-state index in [1.54, 1.807) is 0 Å². The highest BCUT2D eigenvalue weighted by Gasteiger charge is 2.06. The van der Waals surface area contributed by atoms with Gasteiger partial charge in [-0.25, -0.2) is 0 Å². The molecular weight excluding hydrogens is 266 g/mol. The van der Waals surface area contributed by atoms with E-state index in [1.807, 2.05) is 6.07 Å². The number of unbranched alkanes of at least 4 members (excludes halogenated alkanes) is 1. The molecule has 0 saturated heterocycles. The standard InChI is InChI=1S/C13H20BrNO/c1-3-5-8-15(4-2)12-7-6-11(10-16)13(14)9-12/h6-7,9,16H,3-5,8,10H2,1-2H3. The van der Waals surface area contributed by atoms with Gasteiger partial charge in [-0.2, -0.15) is 0 Å². The zero-order chi connectivity index (χ0) is 12.0. The van der Waals surface area contributed by atoms with E-state index in [2.05, 4.69) is 46.8 Å². The average Bonchev–Trinajstić information content (AvgIpc) is 2.30. The molecule has 0 atom stereocenters. The van der Waals surface area contributed by atoms with Gasteiger partial charge in [0.2, 0.25) is 0 Å². The first-order valence-corrected chi connectivity index (χ1v) is 6.66. The predicted octanol–water partition coefficient (Wildman–Crippen LogP) is 3.57. The van der Waals surface area contributed by atoms with E-state index in [0.717, 1.165) is 23.1 Å². The molecule has 1 aromatic carbocycles. The summed E-state index contributed by atoms with van der Waals surface area (Å²) in [5.41, 5.74) is 2.16. The lowest BCUT2D eigenvalue weighted by atomic mass is 10.2. The summed E-state index contributed by atoms with van der Waals surface area (Å²) < 4.78 is 0.988. The zero-order valence-corrected chi connectivity index (χ0v) is 11.6. The summed E-state index contributed by atoms with van der Waals surface area (Å²) in [6.07, 6.45) is 2.43. The predicted molar refractivity (Wildman–Crippen MR) is 72.9 cm³/mol. The van der Waals surface area contributed by atoms with Crippen LogP contribution in [0.3, 0.4) is 0 Å². The average molecular weight is 286 g/mol. The summed E-state index contributed by atoms with van der Waals surface area (Å²) in [5, 5.41) is 9.10. The fourth-order valence-electron chi connectivity index (χ4n) is 1.68. The van der Waals surface area contributed by atoms with Crippen LogP contribution in [0.25, 0.3) is 0 Å². The number of anilines is 1. The van der Waals surface area contributed by atoms with Crippen LogP contribution in [0.5, 0.6) is 0 Å². The van der Waals surface area contributed by atoms with Gasteiger partial charge < -0.3 is 10.0 Å². The summed E-state index contributed by atoms with van der Waals surface area (Å²) in [5.74, 6) is 0. The van der Waals surface area contributed by atoms with Crippen LogP contribution in [0, 0.1) is 0 Å². The molecule has 3 heteroatoms. The lowest BCUT2D eigenvalue weighted by Gasteiger charge is -2.23. The monoisotopic (exact) mass is 285 g/mol. The topological polar surface area (TPSA) is 23.5 Å². The van der Waals surface area contributed by atoms with E-state index in [4.69, 9.17) is 5.11 Å². The molecule has 0 amide bonds. The molecular formula is C13H20BrNO. The molecule has 0 spiro atoms. The van der Waals surface area contributed by atoms with Gasteiger partial charge in [-0.3, -0.25) is 0 Å². The molecule has 1 rings (SSSR count). The number of rotatable bonds is 6. The Kier molecular flexibility index (Phi) is 5.85. The Hall–Kier alpha value is -0.540. The summed E-state index contributed by atoms with van der Waals surface area (Å²) >= 11 is 3.49. The normalized spacial score (nSPS) is 10.5. The Balaban J connectivity index is 2.80. The van der Waals surface area contributed by atoms with Gasteiger partial charge in [0.15, 0.2) is 0 Å². The number of halogens is 1.